The van der Waals surface area contributed by atoms with E-state index in [1.165, 1.54) is 18.6 Å². The molecule has 2 unspecified atom stereocenters. The smallest absolute Gasteiger partial charge is 0.485 e. The van der Waals surface area contributed by atoms with Gasteiger partial charge in [0.25, 0.3) is 0 Å². The highest BCUT2D eigenvalue weighted by Crippen LogP contribution is 2.49. The van der Waals surface area contributed by atoms with Crippen molar-refractivity contribution in [2.45, 2.75) is 64.6 Å². The highest BCUT2D eigenvalue weighted by molar-refractivity contribution is 7.88. The predicted molar refractivity (Wildman–Crippen MR) is 286 cm³/mol. The molecule has 0 bridgehead atoms. The summed E-state index contributed by atoms with van der Waals surface area (Å²) in [5.41, 5.74) is 3.37. The van der Waals surface area contributed by atoms with E-state index >= 15 is 0 Å². The van der Waals surface area contributed by atoms with Gasteiger partial charge in [0.1, 0.15) is 23.2 Å². The average Bonchev–Trinajstić information content (AvgIpc) is 4.07. The van der Waals surface area contributed by atoms with E-state index in [0.29, 0.717) is 34.0 Å². The molecule has 0 amide bonds. The topological polar surface area (TPSA) is 77.2 Å². The van der Waals surface area contributed by atoms with Crippen LogP contribution in [0.5, 0.6) is 11.5 Å². The molecule has 2 atom stereocenters. The molecule has 7 aromatic carbocycles. The second-order valence-corrected chi connectivity index (χ2v) is 19.0. The van der Waals surface area contributed by atoms with Crippen LogP contribution in [-0.2, 0) is 10.1 Å². The van der Waals surface area contributed by atoms with Gasteiger partial charge in [-0.3, -0.25) is 0 Å². The molecule has 72 heavy (non-hydrogen) atoms. The first-order valence-corrected chi connectivity index (χ1v) is 25.7. The van der Waals surface area contributed by atoms with Gasteiger partial charge in [-0.15, -0.1) is 0 Å². The van der Waals surface area contributed by atoms with Crippen LogP contribution in [0.1, 0.15) is 58.6 Å². The third-order valence-electron chi connectivity index (χ3n) is 12.7. The Hall–Kier alpha value is -7.96. The number of ether oxygens (including phenoxy) is 1. The van der Waals surface area contributed by atoms with E-state index in [2.05, 4.69) is 90.1 Å². The van der Waals surface area contributed by atoms with Gasteiger partial charge in [0, 0.05) is 79.1 Å². The second-order valence-electron chi connectivity index (χ2n) is 17.4. The Balaban J connectivity index is 0.00000115. The standard InChI is InChI=1S/C55H38F3N3O5S.C3H8.C2H6/c56-55(57,58)67(62,63)66-41-33-47-46-30-38(59(35-14-4-1-5-15-35)39-24-27-43-42-20-10-12-22-48(42)61(49(43)31-39)37-18-8-3-9-19-37)26-29-52(46)65-54(47)50(34-41)60(36-16-6-2-7-17-36)40-25-28-45-44-21-11-13-23-51(44)64-53(45)32-40;1-3-2;1-2/h1-18,20-31,33-34,37,53H,19,32H2;3H2,1-2H3;1-2H3. The lowest BCUT2D eigenvalue weighted by Gasteiger charge is -2.31. The van der Waals surface area contributed by atoms with Crippen molar-refractivity contribution in [2.75, 3.05) is 9.80 Å². The Kier molecular flexibility index (Phi) is 13.0. The van der Waals surface area contributed by atoms with Gasteiger partial charge in [-0.25, -0.2) is 0 Å². The molecule has 2 aliphatic carbocycles. The molecule has 2 aromatic heterocycles. The number of halogens is 3. The monoisotopic (exact) mass is 983 g/mol. The van der Waals surface area contributed by atoms with Crippen LogP contribution in [0, 0.1) is 0 Å². The lowest BCUT2D eigenvalue weighted by atomic mass is 9.94. The number of rotatable bonds is 9. The summed E-state index contributed by atoms with van der Waals surface area (Å²) in [6.07, 6.45) is 14.6. The van der Waals surface area contributed by atoms with E-state index in [4.69, 9.17) is 13.3 Å². The van der Waals surface area contributed by atoms with Crippen LogP contribution < -0.4 is 18.7 Å². The minimum atomic E-state index is -6.07. The molecule has 0 fully saturated rings. The maximum atomic E-state index is 14.0. The minimum absolute atomic E-state index is 0.105. The van der Waals surface area contributed by atoms with Gasteiger partial charge in [0.15, 0.2) is 5.58 Å². The third kappa shape index (κ3) is 8.70. The number of fused-ring (bicyclic) bond motifs is 9. The van der Waals surface area contributed by atoms with Crippen LogP contribution in [0.25, 0.3) is 49.3 Å². The Morgan fingerprint density at radius 2 is 1.32 bits per heavy atom. The molecule has 3 heterocycles. The number of allylic oxidation sites excluding steroid dienone is 6. The maximum absolute atomic E-state index is 14.0. The summed E-state index contributed by atoms with van der Waals surface area (Å²) in [4.78, 5) is 3.98. The molecule has 364 valence electrons. The van der Waals surface area contributed by atoms with Crippen molar-refractivity contribution >= 4 is 87.9 Å². The number of hydrogen-bond acceptors (Lipinski definition) is 7. The molecule has 0 spiro atoms. The SMILES string of the molecule is CC.CCC.O=S(=O)(Oc1cc(N(C2=CC=C3c4ccccc4OC3C2)c2ccccc2)c2oc3ccc(N(c4ccccc4)c4ccc5c6ccccc6n(C6C=CC=CC6)c5c4)cc3c2c1)C(F)(F)F. The van der Waals surface area contributed by atoms with Crippen LogP contribution in [0.2, 0.25) is 0 Å². The Morgan fingerprint density at radius 1 is 0.667 bits per heavy atom. The first-order valence-electron chi connectivity index (χ1n) is 24.3. The van der Waals surface area contributed by atoms with Crippen LogP contribution in [0.15, 0.2) is 204 Å². The fraction of sp³-hybridized carbons (Fsp3) is 0.167. The number of furan rings is 1. The van der Waals surface area contributed by atoms with Gasteiger partial charge in [-0.1, -0.05) is 143 Å². The Bertz CT molecular complexity index is 3710. The van der Waals surface area contributed by atoms with E-state index in [-0.39, 0.29) is 17.8 Å². The zero-order valence-corrected chi connectivity index (χ0v) is 41.0. The van der Waals surface area contributed by atoms with Gasteiger partial charge in [0.2, 0.25) is 0 Å². The third-order valence-corrected chi connectivity index (χ3v) is 13.7. The summed E-state index contributed by atoms with van der Waals surface area (Å²) in [5, 5.41) is 3.14. The van der Waals surface area contributed by atoms with Crippen molar-refractivity contribution in [3.63, 3.8) is 0 Å². The fourth-order valence-corrected chi connectivity index (χ4v) is 10.3. The van der Waals surface area contributed by atoms with E-state index in [9.17, 15) is 21.6 Å². The molecule has 0 saturated carbocycles. The first-order chi connectivity index (χ1) is 35.0. The van der Waals surface area contributed by atoms with Crippen molar-refractivity contribution < 1.29 is 34.9 Å². The zero-order valence-electron chi connectivity index (χ0n) is 40.2. The number of para-hydroxylation sites is 4. The molecule has 1 aliphatic heterocycles. The molecule has 9 aromatic rings. The Labute approximate surface area is 416 Å². The highest BCUT2D eigenvalue weighted by atomic mass is 32.2. The summed E-state index contributed by atoms with van der Waals surface area (Å²) < 4.78 is 88.1. The number of benzene rings is 7. The van der Waals surface area contributed by atoms with Gasteiger partial charge >= 0.3 is 15.6 Å². The lowest BCUT2D eigenvalue weighted by Crippen LogP contribution is -2.28. The fourth-order valence-electron chi connectivity index (χ4n) is 9.81. The van der Waals surface area contributed by atoms with Gasteiger partial charge in [-0.05, 0) is 85.3 Å². The molecule has 0 saturated heterocycles. The average molecular weight is 984 g/mol. The van der Waals surface area contributed by atoms with E-state index < -0.39 is 21.4 Å². The molecule has 0 N–H and O–H groups in total. The molecule has 12 heteroatoms. The summed E-state index contributed by atoms with van der Waals surface area (Å²) in [6, 6.07) is 50.2. The number of aromatic nitrogens is 1. The lowest BCUT2D eigenvalue weighted by molar-refractivity contribution is -0.0500. The zero-order chi connectivity index (χ0) is 50.1. The van der Waals surface area contributed by atoms with Gasteiger partial charge in [-0.2, -0.15) is 21.6 Å². The summed E-state index contributed by atoms with van der Waals surface area (Å²) >= 11 is 0. The van der Waals surface area contributed by atoms with Crippen LogP contribution in [-0.4, -0.2) is 24.6 Å². The van der Waals surface area contributed by atoms with Gasteiger partial charge in [0.05, 0.1) is 17.2 Å². The molecule has 0 radical (unpaired) electrons. The van der Waals surface area contributed by atoms with Crippen LogP contribution in [0.4, 0.5) is 41.6 Å². The predicted octanol–water partition coefficient (Wildman–Crippen LogP) is 17.2. The van der Waals surface area contributed by atoms with Crippen LogP contribution in [0.3, 0.4) is 0 Å². The highest BCUT2D eigenvalue weighted by Gasteiger charge is 2.49. The van der Waals surface area contributed by atoms with E-state index in [1.54, 1.807) is 0 Å². The molecule has 12 rings (SSSR count). The summed E-state index contributed by atoms with van der Waals surface area (Å²) in [5.74, 6) is 0.226. The number of alkyl halides is 3. The van der Waals surface area contributed by atoms with E-state index in [0.717, 1.165) is 67.9 Å². The number of anilines is 5. The summed E-state index contributed by atoms with van der Waals surface area (Å²) in [6.45, 7) is 8.25. The molecule has 3 aliphatic rings. The van der Waals surface area contributed by atoms with Crippen LogP contribution >= 0.6 is 0 Å². The quantitative estimate of drug-likeness (QED) is 0.105. The maximum Gasteiger partial charge on any atom is 0.534 e. The van der Waals surface area contributed by atoms with Crippen molar-refractivity contribution in [1.82, 2.24) is 4.57 Å². The largest absolute Gasteiger partial charge is 0.534 e. The number of hydrogen-bond donors (Lipinski definition) is 0. The molecular weight excluding hydrogens is 932 g/mol. The van der Waals surface area contributed by atoms with Crippen molar-refractivity contribution in [1.29, 1.82) is 0 Å². The molecule has 8 nitrogen and oxygen atoms in total. The Morgan fingerprint density at radius 3 is 2.04 bits per heavy atom. The summed E-state index contributed by atoms with van der Waals surface area (Å²) in [7, 11) is -6.07. The normalized spacial score (nSPS) is 15.9. The van der Waals surface area contributed by atoms with Crippen molar-refractivity contribution in [3.8, 4) is 11.5 Å². The first kappa shape index (κ1) is 47.7. The van der Waals surface area contributed by atoms with Gasteiger partial charge < -0.3 is 27.7 Å². The number of nitrogens with zero attached hydrogens (tertiary/aromatic N) is 3. The minimum Gasteiger partial charge on any atom is -0.485 e. The second kappa shape index (κ2) is 19.7. The molecular formula is C60H52F3N3O5S. The van der Waals surface area contributed by atoms with Crippen molar-refractivity contribution in [3.05, 3.63) is 205 Å². The van der Waals surface area contributed by atoms with Crippen molar-refractivity contribution in [2.24, 2.45) is 0 Å². The van der Waals surface area contributed by atoms with E-state index in [1.807, 2.05) is 134 Å².